The second kappa shape index (κ2) is 8.68. The molecule has 2 amide bonds. The first kappa shape index (κ1) is 18.2. The molecule has 136 valence electrons. The number of amides is 2. The van der Waals surface area contributed by atoms with Crippen LogP contribution < -0.4 is 5.32 Å². The largest absolute Gasteiger partial charge is 0.375 e. The highest BCUT2D eigenvalue weighted by Gasteiger charge is 2.38. The van der Waals surface area contributed by atoms with E-state index in [0.717, 1.165) is 18.4 Å². The van der Waals surface area contributed by atoms with Gasteiger partial charge < -0.3 is 15.0 Å². The van der Waals surface area contributed by atoms with Crippen LogP contribution in [0.1, 0.15) is 37.7 Å². The molecule has 1 saturated heterocycles. The number of rotatable bonds is 7. The molecule has 3 rings (SSSR count). The Bertz CT molecular complexity index is 599. The van der Waals surface area contributed by atoms with Crippen LogP contribution in [-0.4, -0.2) is 42.5 Å². The third-order valence-corrected chi connectivity index (χ3v) is 5.27. The summed E-state index contributed by atoms with van der Waals surface area (Å²) in [4.78, 5) is 26.3. The van der Waals surface area contributed by atoms with E-state index < -0.39 is 0 Å². The van der Waals surface area contributed by atoms with Crippen LogP contribution in [0.3, 0.4) is 0 Å². The summed E-state index contributed by atoms with van der Waals surface area (Å²) in [5.74, 6) is -0.126. The number of nitrogens with zero attached hydrogens (tertiary/aromatic N) is 1. The standard InChI is InChI=1S/C19H25ClN2O3/c20-16-7-5-14(6-8-16)13-25-10-9-21-19(24)15-11-18(23)22(12-15)17-3-1-2-4-17/h5-8,15,17H,1-4,9-13H2,(H,21,24)/t15-/m0/s1. The number of carbonyl (C=O) groups excluding carboxylic acids is 2. The van der Waals surface area contributed by atoms with Crippen molar-refractivity contribution in [1.82, 2.24) is 10.2 Å². The molecule has 0 spiro atoms. The summed E-state index contributed by atoms with van der Waals surface area (Å²) >= 11 is 5.84. The van der Waals surface area contributed by atoms with Crippen LogP contribution in [0.15, 0.2) is 24.3 Å². The average molecular weight is 365 g/mol. The quantitative estimate of drug-likeness (QED) is 0.757. The van der Waals surface area contributed by atoms with Gasteiger partial charge in [-0.15, -0.1) is 0 Å². The van der Waals surface area contributed by atoms with Crippen molar-refractivity contribution in [2.24, 2.45) is 5.92 Å². The van der Waals surface area contributed by atoms with Crippen LogP contribution in [0.2, 0.25) is 5.02 Å². The first-order valence-electron chi connectivity index (χ1n) is 9.03. The molecular weight excluding hydrogens is 340 g/mol. The van der Waals surface area contributed by atoms with Gasteiger partial charge in [0.05, 0.1) is 19.1 Å². The Labute approximate surface area is 153 Å². The molecule has 1 aliphatic carbocycles. The van der Waals surface area contributed by atoms with E-state index in [0.29, 0.717) is 43.8 Å². The highest BCUT2D eigenvalue weighted by Crippen LogP contribution is 2.29. The van der Waals surface area contributed by atoms with Crippen molar-refractivity contribution in [1.29, 1.82) is 0 Å². The third-order valence-electron chi connectivity index (χ3n) is 5.02. The molecule has 1 aliphatic heterocycles. The van der Waals surface area contributed by atoms with Crippen molar-refractivity contribution in [3.8, 4) is 0 Å². The lowest BCUT2D eigenvalue weighted by molar-refractivity contribution is -0.130. The molecule has 2 fully saturated rings. The van der Waals surface area contributed by atoms with Gasteiger partial charge in [-0.05, 0) is 30.5 Å². The van der Waals surface area contributed by atoms with E-state index in [1.165, 1.54) is 12.8 Å². The first-order chi connectivity index (χ1) is 12.1. The zero-order valence-corrected chi connectivity index (χ0v) is 15.1. The van der Waals surface area contributed by atoms with Gasteiger partial charge in [0.25, 0.3) is 0 Å². The maximum Gasteiger partial charge on any atom is 0.225 e. The van der Waals surface area contributed by atoms with E-state index in [1.807, 2.05) is 29.2 Å². The number of hydrogen-bond acceptors (Lipinski definition) is 3. The molecule has 25 heavy (non-hydrogen) atoms. The van der Waals surface area contributed by atoms with Gasteiger partial charge in [-0.1, -0.05) is 36.6 Å². The Morgan fingerprint density at radius 1 is 1.24 bits per heavy atom. The van der Waals surface area contributed by atoms with Gasteiger partial charge in [-0.2, -0.15) is 0 Å². The summed E-state index contributed by atoms with van der Waals surface area (Å²) in [5.41, 5.74) is 1.05. The van der Waals surface area contributed by atoms with Gasteiger partial charge in [0, 0.05) is 30.6 Å². The summed E-state index contributed by atoms with van der Waals surface area (Å²) in [6, 6.07) is 7.85. The average Bonchev–Trinajstić information content (AvgIpc) is 3.25. The summed E-state index contributed by atoms with van der Waals surface area (Å²) < 4.78 is 5.56. The van der Waals surface area contributed by atoms with Crippen LogP contribution in [0, 0.1) is 5.92 Å². The molecule has 1 atom stereocenters. The molecule has 1 N–H and O–H groups in total. The van der Waals surface area contributed by atoms with Gasteiger partial charge >= 0.3 is 0 Å². The Morgan fingerprint density at radius 2 is 1.96 bits per heavy atom. The smallest absolute Gasteiger partial charge is 0.225 e. The van der Waals surface area contributed by atoms with E-state index in [1.54, 1.807) is 0 Å². The molecule has 0 radical (unpaired) electrons. The monoisotopic (exact) mass is 364 g/mol. The Kier molecular flexibility index (Phi) is 6.32. The van der Waals surface area contributed by atoms with E-state index in [9.17, 15) is 9.59 Å². The van der Waals surface area contributed by atoms with Crippen LogP contribution in [0.25, 0.3) is 0 Å². The minimum Gasteiger partial charge on any atom is -0.375 e. The number of benzene rings is 1. The molecule has 1 saturated carbocycles. The van der Waals surface area contributed by atoms with Crippen molar-refractivity contribution >= 4 is 23.4 Å². The van der Waals surface area contributed by atoms with Crippen molar-refractivity contribution in [2.45, 2.75) is 44.8 Å². The maximum absolute atomic E-state index is 12.3. The Hall–Kier alpha value is -1.59. The fourth-order valence-electron chi connectivity index (χ4n) is 3.64. The summed E-state index contributed by atoms with van der Waals surface area (Å²) in [6.07, 6.45) is 4.89. The van der Waals surface area contributed by atoms with Gasteiger partial charge in [-0.25, -0.2) is 0 Å². The van der Waals surface area contributed by atoms with Gasteiger partial charge in [0.15, 0.2) is 0 Å². The number of nitrogens with one attached hydrogen (secondary N) is 1. The molecule has 1 heterocycles. The predicted octanol–water partition coefficient (Wildman–Crippen LogP) is 2.76. The number of carbonyl (C=O) groups is 2. The molecular formula is C19H25ClN2O3. The zero-order valence-electron chi connectivity index (χ0n) is 14.4. The van der Waals surface area contributed by atoms with E-state index >= 15 is 0 Å². The van der Waals surface area contributed by atoms with Gasteiger partial charge in [0.1, 0.15) is 0 Å². The molecule has 6 heteroatoms. The summed E-state index contributed by atoms with van der Waals surface area (Å²) in [6.45, 7) is 1.97. The first-order valence-corrected chi connectivity index (χ1v) is 9.40. The highest BCUT2D eigenvalue weighted by molar-refractivity contribution is 6.30. The Balaban J connectivity index is 1.34. The molecule has 1 aromatic carbocycles. The number of halogens is 1. The summed E-state index contributed by atoms with van der Waals surface area (Å²) in [5, 5.41) is 3.59. The number of hydrogen-bond donors (Lipinski definition) is 1. The Morgan fingerprint density at radius 3 is 2.68 bits per heavy atom. The topological polar surface area (TPSA) is 58.6 Å². The normalized spacial score (nSPS) is 21.1. The van der Waals surface area contributed by atoms with Crippen LogP contribution in [0.5, 0.6) is 0 Å². The van der Waals surface area contributed by atoms with Crippen molar-refractivity contribution in [3.63, 3.8) is 0 Å². The van der Waals surface area contributed by atoms with Gasteiger partial charge in [0.2, 0.25) is 11.8 Å². The number of likely N-dealkylation sites (tertiary alicyclic amines) is 1. The minimum absolute atomic E-state index is 0.0380. The lowest BCUT2D eigenvalue weighted by atomic mass is 10.1. The molecule has 1 aromatic rings. The SMILES string of the molecule is O=C(NCCOCc1ccc(Cl)cc1)[C@H]1CC(=O)N(C2CCCC2)C1. The third kappa shape index (κ3) is 4.95. The van der Waals surface area contributed by atoms with Crippen LogP contribution >= 0.6 is 11.6 Å². The fourth-order valence-corrected chi connectivity index (χ4v) is 3.76. The molecule has 5 nitrogen and oxygen atoms in total. The van der Waals surface area contributed by atoms with Crippen LogP contribution in [-0.2, 0) is 20.9 Å². The second-order valence-electron chi connectivity index (χ2n) is 6.86. The molecule has 0 bridgehead atoms. The lowest BCUT2D eigenvalue weighted by Crippen LogP contribution is -2.37. The van der Waals surface area contributed by atoms with Crippen LogP contribution in [0.4, 0.5) is 0 Å². The predicted molar refractivity (Wildman–Crippen MR) is 96.2 cm³/mol. The van der Waals surface area contributed by atoms with E-state index in [-0.39, 0.29) is 17.7 Å². The summed E-state index contributed by atoms with van der Waals surface area (Å²) in [7, 11) is 0. The molecule has 0 unspecified atom stereocenters. The number of ether oxygens (including phenoxy) is 1. The molecule has 0 aromatic heterocycles. The minimum atomic E-state index is -0.218. The molecule has 2 aliphatic rings. The zero-order chi connectivity index (χ0) is 17.6. The second-order valence-corrected chi connectivity index (χ2v) is 7.29. The fraction of sp³-hybridized carbons (Fsp3) is 0.579. The van der Waals surface area contributed by atoms with Crippen molar-refractivity contribution in [2.75, 3.05) is 19.7 Å². The van der Waals surface area contributed by atoms with E-state index in [4.69, 9.17) is 16.3 Å². The van der Waals surface area contributed by atoms with Crippen molar-refractivity contribution in [3.05, 3.63) is 34.9 Å². The maximum atomic E-state index is 12.3. The van der Waals surface area contributed by atoms with Gasteiger partial charge in [-0.3, -0.25) is 9.59 Å². The van der Waals surface area contributed by atoms with E-state index in [2.05, 4.69) is 5.32 Å². The highest BCUT2D eigenvalue weighted by atomic mass is 35.5. The lowest BCUT2D eigenvalue weighted by Gasteiger charge is -2.23. The van der Waals surface area contributed by atoms with Crippen molar-refractivity contribution < 1.29 is 14.3 Å².